The number of hydrogen-bond acceptors (Lipinski definition) is 4. The number of benzene rings is 1. The van der Waals surface area contributed by atoms with Crippen molar-refractivity contribution in [1.82, 2.24) is 0 Å². The van der Waals surface area contributed by atoms with Crippen LogP contribution in [-0.4, -0.2) is 18.1 Å². The summed E-state index contributed by atoms with van der Waals surface area (Å²) in [6.45, 7) is 1.99. The number of phenolic OH excluding ortho intramolecular Hbond substituents is 1. The van der Waals surface area contributed by atoms with E-state index in [1.807, 2.05) is 19.1 Å². The summed E-state index contributed by atoms with van der Waals surface area (Å²) in [6.07, 6.45) is 9.85. The molecule has 136 valence electrons. The molecule has 2 aromatic rings. The first kappa shape index (κ1) is 17.9. The van der Waals surface area contributed by atoms with Crippen molar-refractivity contribution in [2.75, 3.05) is 7.11 Å². The number of phenols is 1. The molecule has 1 aromatic carbocycles. The van der Waals surface area contributed by atoms with E-state index >= 15 is 0 Å². The van der Waals surface area contributed by atoms with Gasteiger partial charge in [0.15, 0.2) is 0 Å². The van der Waals surface area contributed by atoms with E-state index in [1.54, 1.807) is 25.3 Å². The lowest BCUT2D eigenvalue weighted by molar-refractivity contribution is -0.113. The van der Waals surface area contributed by atoms with Crippen molar-refractivity contribution >= 4 is 16.9 Å². The predicted molar refractivity (Wildman–Crippen MR) is 101 cm³/mol. The molecule has 0 saturated carbocycles. The molecule has 0 fully saturated rings. The van der Waals surface area contributed by atoms with Crippen molar-refractivity contribution in [2.24, 2.45) is 5.73 Å². The highest BCUT2D eigenvalue weighted by Crippen LogP contribution is 2.41. The second kappa shape index (κ2) is 7.52. The highest BCUT2D eigenvalue weighted by Gasteiger charge is 2.25. The molecule has 1 atom stereocenters. The summed E-state index contributed by atoms with van der Waals surface area (Å²) in [6, 6.07) is 5.23. The van der Waals surface area contributed by atoms with Crippen LogP contribution in [0.2, 0.25) is 0 Å². The van der Waals surface area contributed by atoms with Crippen LogP contribution in [-0.2, 0) is 16.0 Å². The summed E-state index contributed by atoms with van der Waals surface area (Å²) in [5.41, 5.74) is 8.11. The molecule has 1 aliphatic rings. The van der Waals surface area contributed by atoms with Gasteiger partial charge in [0.1, 0.15) is 22.9 Å². The standard InChI is InChI=1S/C21H23NO4/c1-13(11-16(25-2)7-9-20(22)24)10-14-4-3-5-19-21(14)17-12-15(23)6-8-18(17)26-19/h6-12,14,23H,3-5H2,1-2H3,(H2,22,24). The molecular weight excluding hydrogens is 330 g/mol. The molecule has 26 heavy (non-hydrogen) atoms. The third kappa shape index (κ3) is 3.82. The molecule has 0 bridgehead atoms. The zero-order valence-corrected chi connectivity index (χ0v) is 15.0. The molecule has 0 radical (unpaired) electrons. The van der Waals surface area contributed by atoms with Crippen LogP contribution in [0.5, 0.6) is 5.75 Å². The average molecular weight is 353 g/mol. The number of nitrogens with two attached hydrogens (primary N) is 1. The van der Waals surface area contributed by atoms with Crippen molar-refractivity contribution in [2.45, 2.75) is 32.1 Å². The highest BCUT2D eigenvalue weighted by molar-refractivity contribution is 5.86. The molecular formula is C21H23NO4. The largest absolute Gasteiger partial charge is 0.508 e. The SMILES string of the molecule is COC(C=CC(N)=O)=CC(C)=CC1CCCc2oc3ccc(O)cc3c21. The summed E-state index contributed by atoms with van der Waals surface area (Å²) < 4.78 is 11.3. The van der Waals surface area contributed by atoms with Gasteiger partial charge in [-0.3, -0.25) is 4.79 Å². The second-order valence-corrected chi connectivity index (χ2v) is 6.52. The van der Waals surface area contributed by atoms with Gasteiger partial charge in [-0.25, -0.2) is 0 Å². The average Bonchev–Trinajstić information content (AvgIpc) is 2.97. The molecule has 0 saturated heterocycles. The minimum Gasteiger partial charge on any atom is -0.508 e. The Morgan fingerprint density at radius 3 is 2.92 bits per heavy atom. The minimum absolute atomic E-state index is 0.205. The molecule has 1 aromatic heterocycles. The maximum Gasteiger partial charge on any atom is 0.241 e. The van der Waals surface area contributed by atoms with Gasteiger partial charge in [-0.05, 0) is 50.1 Å². The van der Waals surface area contributed by atoms with E-state index in [9.17, 15) is 9.90 Å². The van der Waals surface area contributed by atoms with Gasteiger partial charge in [0, 0.05) is 29.4 Å². The van der Waals surface area contributed by atoms with Crippen LogP contribution in [0, 0.1) is 0 Å². The number of carbonyl (C=O) groups excluding carboxylic acids is 1. The summed E-state index contributed by atoms with van der Waals surface area (Å²) in [5.74, 6) is 1.48. The summed E-state index contributed by atoms with van der Waals surface area (Å²) in [7, 11) is 1.55. The Balaban J connectivity index is 1.96. The smallest absolute Gasteiger partial charge is 0.241 e. The number of allylic oxidation sites excluding steroid dienone is 4. The Kier molecular flexibility index (Phi) is 5.16. The molecule has 3 rings (SSSR count). The van der Waals surface area contributed by atoms with Crippen molar-refractivity contribution in [1.29, 1.82) is 0 Å². The van der Waals surface area contributed by atoms with Crippen molar-refractivity contribution < 1.29 is 19.1 Å². The number of aromatic hydroxyl groups is 1. The van der Waals surface area contributed by atoms with Gasteiger partial charge >= 0.3 is 0 Å². The molecule has 3 N–H and O–H groups in total. The van der Waals surface area contributed by atoms with E-state index < -0.39 is 5.91 Å². The third-order valence-corrected chi connectivity index (χ3v) is 4.56. The second-order valence-electron chi connectivity index (χ2n) is 6.52. The van der Waals surface area contributed by atoms with Crippen LogP contribution in [0.1, 0.15) is 37.0 Å². The van der Waals surface area contributed by atoms with Gasteiger partial charge in [0.05, 0.1) is 7.11 Å². The molecule has 1 unspecified atom stereocenters. The number of carbonyl (C=O) groups is 1. The van der Waals surface area contributed by atoms with Gasteiger partial charge in [0.25, 0.3) is 0 Å². The lowest BCUT2D eigenvalue weighted by Gasteiger charge is -2.19. The lowest BCUT2D eigenvalue weighted by Crippen LogP contribution is -2.06. The van der Waals surface area contributed by atoms with E-state index in [4.69, 9.17) is 14.9 Å². The van der Waals surface area contributed by atoms with E-state index in [1.165, 1.54) is 6.08 Å². The van der Waals surface area contributed by atoms with Gasteiger partial charge < -0.3 is 20.0 Å². The Morgan fingerprint density at radius 1 is 1.38 bits per heavy atom. The third-order valence-electron chi connectivity index (χ3n) is 4.56. The number of aryl methyl sites for hydroxylation is 1. The number of hydrogen-bond donors (Lipinski definition) is 2. The minimum atomic E-state index is -0.517. The van der Waals surface area contributed by atoms with Crippen LogP contribution >= 0.6 is 0 Å². The number of rotatable bonds is 5. The van der Waals surface area contributed by atoms with E-state index in [-0.39, 0.29) is 11.7 Å². The number of furan rings is 1. The first-order valence-corrected chi connectivity index (χ1v) is 8.64. The molecule has 0 aliphatic heterocycles. The van der Waals surface area contributed by atoms with Crippen LogP contribution in [0.15, 0.2) is 58.3 Å². The quantitative estimate of drug-likeness (QED) is 0.482. The lowest BCUT2D eigenvalue weighted by atomic mass is 9.84. The first-order chi connectivity index (χ1) is 12.5. The van der Waals surface area contributed by atoms with Crippen LogP contribution in [0.3, 0.4) is 0 Å². The molecule has 1 aliphatic carbocycles. The normalized spacial score (nSPS) is 18.3. The van der Waals surface area contributed by atoms with Crippen molar-refractivity contribution in [3.8, 4) is 5.75 Å². The maximum absolute atomic E-state index is 10.9. The van der Waals surface area contributed by atoms with Crippen molar-refractivity contribution in [3.05, 3.63) is 65.2 Å². The van der Waals surface area contributed by atoms with Gasteiger partial charge in [-0.15, -0.1) is 0 Å². The van der Waals surface area contributed by atoms with E-state index in [2.05, 4.69) is 6.08 Å². The predicted octanol–water partition coefficient (Wildman–Crippen LogP) is 4.08. The van der Waals surface area contributed by atoms with Crippen LogP contribution < -0.4 is 5.73 Å². The number of amides is 1. The summed E-state index contributed by atoms with van der Waals surface area (Å²) in [5, 5.41) is 10.8. The molecule has 1 amide bonds. The first-order valence-electron chi connectivity index (χ1n) is 8.64. The Bertz CT molecular complexity index is 917. The fourth-order valence-electron chi connectivity index (χ4n) is 3.47. The number of methoxy groups -OCH3 is 1. The number of ether oxygens (including phenoxy) is 1. The van der Waals surface area contributed by atoms with Gasteiger partial charge in [-0.1, -0.05) is 11.6 Å². The van der Waals surface area contributed by atoms with E-state index in [0.29, 0.717) is 5.76 Å². The van der Waals surface area contributed by atoms with Gasteiger partial charge in [0.2, 0.25) is 5.91 Å². The zero-order chi connectivity index (χ0) is 18.7. The van der Waals surface area contributed by atoms with Crippen LogP contribution in [0.25, 0.3) is 11.0 Å². The fraction of sp³-hybridized carbons (Fsp3) is 0.286. The highest BCUT2D eigenvalue weighted by atomic mass is 16.5. The van der Waals surface area contributed by atoms with Crippen LogP contribution in [0.4, 0.5) is 0 Å². The van der Waals surface area contributed by atoms with Crippen molar-refractivity contribution in [3.63, 3.8) is 0 Å². The molecule has 0 spiro atoms. The fourth-order valence-corrected chi connectivity index (χ4v) is 3.47. The van der Waals surface area contributed by atoms with E-state index in [0.717, 1.165) is 47.1 Å². The monoisotopic (exact) mass is 353 g/mol. The summed E-state index contributed by atoms with van der Waals surface area (Å²) in [4.78, 5) is 10.9. The topological polar surface area (TPSA) is 85.7 Å². The Morgan fingerprint density at radius 2 is 2.19 bits per heavy atom. The maximum atomic E-state index is 10.9. The van der Waals surface area contributed by atoms with Gasteiger partial charge in [-0.2, -0.15) is 0 Å². The Labute approximate surface area is 152 Å². The Hall–Kier alpha value is -2.95. The number of primary amides is 1. The number of fused-ring (bicyclic) bond motifs is 3. The molecule has 5 nitrogen and oxygen atoms in total. The molecule has 1 heterocycles. The zero-order valence-electron chi connectivity index (χ0n) is 15.0. The summed E-state index contributed by atoms with van der Waals surface area (Å²) >= 11 is 0. The molecule has 5 heteroatoms.